The van der Waals surface area contributed by atoms with E-state index in [9.17, 15) is 4.79 Å². The lowest BCUT2D eigenvalue weighted by Crippen LogP contribution is -2.32. The third-order valence-electron chi connectivity index (χ3n) is 3.96. The molecule has 0 saturated carbocycles. The SMILES string of the molecule is CCc1cc(CC(=O)C2(C)CCNC2)n(CC)n1. The molecule has 0 radical (unpaired) electrons. The molecule has 4 heteroatoms. The Morgan fingerprint density at radius 3 is 2.89 bits per heavy atom. The van der Waals surface area contributed by atoms with E-state index in [2.05, 4.69) is 37.3 Å². The van der Waals surface area contributed by atoms with E-state index in [-0.39, 0.29) is 5.41 Å². The van der Waals surface area contributed by atoms with Crippen LogP contribution in [0.25, 0.3) is 0 Å². The van der Waals surface area contributed by atoms with Crippen molar-refractivity contribution in [3.8, 4) is 0 Å². The lowest BCUT2D eigenvalue weighted by atomic mass is 9.83. The van der Waals surface area contributed by atoms with E-state index in [1.807, 2.05) is 4.68 Å². The van der Waals surface area contributed by atoms with Gasteiger partial charge >= 0.3 is 0 Å². The molecule has 0 spiro atoms. The lowest BCUT2D eigenvalue weighted by molar-refractivity contribution is -0.126. The van der Waals surface area contributed by atoms with Crippen LogP contribution in [0.4, 0.5) is 0 Å². The highest BCUT2D eigenvalue weighted by Crippen LogP contribution is 2.27. The molecule has 1 fully saturated rings. The summed E-state index contributed by atoms with van der Waals surface area (Å²) in [5, 5.41) is 7.78. The molecule has 1 unspecified atom stereocenters. The van der Waals surface area contributed by atoms with E-state index >= 15 is 0 Å². The number of aromatic nitrogens is 2. The fourth-order valence-corrected chi connectivity index (χ4v) is 2.54. The average molecular weight is 249 g/mol. The fourth-order valence-electron chi connectivity index (χ4n) is 2.54. The summed E-state index contributed by atoms with van der Waals surface area (Å²) in [5.41, 5.74) is 1.96. The van der Waals surface area contributed by atoms with Gasteiger partial charge in [-0.2, -0.15) is 5.10 Å². The van der Waals surface area contributed by atoms with Gasteiger partial charge in [-0.15, -0.1) is 0 Å². The monoisotopic (exact) mass is 249 g/mol. The van der Waals surface area contributed by atoms with Crippen LogP contribution in [-0.4, -0.2) is 28.7 Å². The highest BCUT2D eigenvalue weighted by atomic mass is 16.1. The first-order chi connectivity index (χ1) is 8.59. The summed E-state index contributed by atoms with van der Waals surface area (Å²) < 4.78 is 1.96. The van der Waals surface area contributed by atoms with Gasteiger partial charge in [-0.1, -0.05) is 13.8 Å². The largest absolute Gasteiger partial charge is 0.316 e. The van der Waals surface area contributed by atoms with E-state index in [4.69, 9.17) is 0 Å². The van der Waals surface area contributed by atoms with Gasteiger partial charge in [0.25, 0.3) is 0 Å². The van der Waals surface area contributed by atoms with Gasteiger partial charge in [0.15, 0.2) is 0 Å². The van der Waals surface area contributed by atoms with Crippen molar-refractivity contribution in [1.29, 1.82) is 0 Å². The number of ketones is 1. The van der Waals surface area contributed by atoms with E-state index in [1.165, 1.54) is 0 Å². The van der Waals surface area contributed by atoms with E-state index < -0.39 is 0 Å². The molecular formula is C14H23N3O. The quantitative estimate of drug-likeness (QED) is 0.862. The van der Waals surface area contributed by atoms with Crippen LogP contribution >= 0.6 is 0 Å². The highest BCUT2D eigenvalue weighted by molar-refractivity contribution is 5.86. The zero-order valence-electron chi connectivity index (χ0n) is 11.6. The van der Waals surface area contributed by atoms with Crippen molar-refractivity contribution in [2.75, 3.05) is 13.1 Å². The topological polar surface area (TPSA) is 46.9 Å². The molecule has 0 aromatic carbocycles. The lowest BCUT2D eigenvalue weighted by Gasteiger charge is -2.20. The van der Waals surface area contributed by atoms with Crippen LogP contribution in [-0.2, 0) is 24.2 Å². The van der Waals surface area contributed by atoms with Crippen LogP contribution in [0.15, 0.2) is 6.07 Å². The van der Waals surface area contributed by atoms with Gasteiger partial charge in [-0.25, -0.2) is 0 Å². The Balaban J connectivity index is 2.13. The molecule has 1 aromatic heterocycles. The van der Waals surface area contributed by atoms with Crippen molar-refractivity contribution in [1.82, 2.24) is 15.1 Å². The summed E-state index contributed by atoms with van der Waals surface area (Å²) in [7, 11) is 0. The summed E-state index contributed by atoms with van der Waals surface area (Å²) in [6.07, 6.45) is 2.39. The van der Waals surface area contributed by atoms with Gasteiger partial charge in [0.1, 0.15) is 5.78 Å². The normalized spacial score (nSPS) is 23.5. The summed E-state index contributed by atoms with van der Waals surface area (Å²) in [6, 6.07) is 2.08. The van der Waals surface area contributed by atoms with E-state index in [0.717, 1.165) is 43.9 Å². The second-order valence-electron chi connectivity index (χ2n) is 5.38. The Bertz CT molecular complexity index is 430. The maximum Gasteiger partial charge on any atom is 0.145 e. The second-order valence-corrected chi connectivity index (χ2v) is 5.38. The summed E-state index contributed by atoms with van der Waals surface area (Å²) in [6.45, 7) is 8.83. The molecule has 0 aliphatic carbocycles. The molecular weight excluding hydrogens is 226 g/mol. The Kier molecular flexibility index (Phi) is 3.85. The van der Waals surface area contributed by atoms with Gasteiger partial charge in [-0.3, -0.25) is 9.48 Å². The second kappa shape index (κ2) is 5.22. The van der Waals surface area contributed by atoms with Crippen molar-refractivity contribution in [2.45, 2.75) is 46.6 Å². The van der Waals surface area contributed by atoms with Gasteiger partial charge < -0.3 is 5.32 Å². The molecule has 0 amide bonds. The van der Waals surface area contributed by atoms with Crippen molar-refractivity contribution in [2.24, 2.45) is 5.41 Å². The van der Waals surface area contributed by atoms with Crippen LogP contribution in [0.5, 0.6) is 0 Å². The predicted octanol–water partition coefficient (Wildman–Crippen LogP) is 1.58. The number of nitrogens with zero attached hydrogens (tertiary/aromatic N) is 2. The minimum Gasteiger partial charge on any atom is -0.316 e. The van der Waals surface area contributed by atoms with Crippen molar-refractivity contribution >= 4 is 5.78 Å². The molecule has 1 saturated heterocycles. The van der Waals surface area contributed by atoms with Crippen molar-refractivity contribution in [3.05, 3.63) is 17.5 Å². The summed E-state index contributed by atoms with van der Waals surface area (Å²) in [4.78, 5) is 12.4. The number of nitrogens with one attached hydrogen (secondary N) is 1. The number of aryl methyl sites for hydroxylation is 2. The number of hydrogen-bond acceptors (Lipinski definition) is 3. The summed E-state index contributed by atoms with van der Waals surface area (Å²) in [5.74, 6) is 0.338. The first-order valence-corrected chi connectivity index (χ1v) is 6.88. The van der Waals surface area contributed by atoms with E-state index in [1.54, 1.807) is 0 Å². The Morgan fingerprint density at radius 2 is 2.33 bits per heavy atom. The average Bonchev–Trinajstić information content (AvgIpc) is 2.96. The molecule has 1 aromatic rings. The number of hydrogen-bond donors (Lipinski definition) is 1. The molecule has 1 aliphatic rings. The Morgan fingerprint density at radius 1 is 1.56 bits per heavy atom. The smallest absolute Gasteiger partial charge is 0.145 e. The van der Waals surface area contributed by atoms with E-state index in [0.29, 0.717) is 12.2 Å². The minimum atomic E-state index is -0.185. The molecule has 1 N–H and O–H groups in total. The van der Waals surface area contributed by atoms with Gasteiger partial charge in [0.05, 0.1) is 5.69 Å². The predicted molar refractivity (Wildman–Crippen MR) is 71.6 cm³/mol. The first kappa shape index (κ1) is 13.3. The highest BCUT2D eigenvalue weighted by Gasteiger charge is 2.36. The number of rotatable bonds is 5. The molecule has 2 heterocycles. The molecule has 0 bridgehead atoms. The molecule has 100 valence electrons. The zero-order valence-corrected chi connectivity index (χ0v) is 11.6. The minimum absolute atomic E-state index is 0.185. The third-order valence-corrected chi connectivity index (χ3v) is 3.96. The zero-order chi connectivity index (χ0) is 13.2. The van der Waals surface area contributed by atoms with Crippen LogP contribution < -0.4 is 5.32 Å². The maximum absolute atomic E-state index is 12.4. The third kappa shape index (κ3) is 2.48. The Hall–Kier alpha value is -1.16. The fraction of sp³-hybridized carbons (Fsp3) is 0.714. The maximum atomic E-state index is 12.4. The molecule has 18 heavy (non-hydrogen) atoms. The van der Waals surface area contributed by atoms with Crippen LogP contribution in [0.1, 0.15) is 38.6 Å². The van der Waals surface area contributed by atoms with Crippen molar-refractivity contribution in [3.63, 3.8) is 0 Å². The Labute approximate surface area is 109 Å². The van der Waals surface area contributed by atoms with Crippen LogP contribution in [0, 0.1) is 5.41 Å². The first-order valence-electron chi connectivity index (χ1n) is 6.88. The molecule has 2 rings (SSSR count). The van der Waals surface area contributed by atoms with Gasteiger partial charge in [0, 0.05) is 30.6 Å². The van der Waals surface area contributed by atoms with Crippen molar-refractivity contribution < 1.29 is 4.79 Å². The molecule has 4 nitrogen and oxygen atoms in total. The molecule has 1 atom stereocenters. The van der Waals surface area contributed by atoms with Gasteiger partial charge in [-0.05, 0) is 32.4 Å². The van der Waals surface area contributed by atoms with Crippen LogP contribution in [0.3, 0.4) is 0 Å². The number of carbonyl (C=O) groups is 1. The van der Waals surface area contributed by atoms with Crippen LogP contribution in [0.2, 0.25) is 0 Å². The van der Waals surface area contributed by atoms with Gasteiger partial charge in [0.2, 0.25) is 0 Å². The number of Topliss-reactive ketones (excluding diaryl/α,β-unsaturated/α-hetero) is 1. The summed E-state index contributed by atoms with van der Waals surface area (Å²) >= 11 is 0. The number of carbonyl (C=O) groups excluding carboxylic acids is 1. The molecule has 1 aliphatic heterocycles. The standard InChI is InChI=1S/C14H23N3O/c1-4-11-8-12(17(5-2)16-11)9-13(18)14(3)6-7-15-10-14/h8,15H,4-7,9-10H2,1-3H3.